The highest BCUT2D eigenvalue weighted by Crippen LogP contribution is 2.46. The molecule has 1 amide bonds. The minimum Gasteiger partial charge on any atom is -0.507 e. The third-order valence-corrected chi connectivity index (χ3v) is 6.26. The zero-order valence-corrected chi connectivity index (χ0v) is 19.4. The second kappa shape index (κ2) is 9.11. The first kappa shape index (κ1) is 22.6. The molecule has 2 aromatic carbocycles. The maximum atomic E-state index is 13.2. The fraction of sp³-hybridized carbons (Fsp3) is 0.231. The number of ketones is 1. The molecule has 6 nitrogen and oxygen atoms in total. The average Bonchev–Trinajstić information content (AvgIpc) is 3.41. The number of anilines is 1. The van der Waals surface area contributed by atoms with Crippen molar-refractivity contribution in [2.24, 2.45) is 5.92 Å². The molecule has 0 bridgehead atoms. The van der Waals surface area contributed by atoms with Gasteiger partial charge in [-0.1, -0.05) is 38.1 Å². The van der Waals surface area contributed by atoms with E-state index in [2.05, 4.69) is 0 Å². The zero-order chi connectivity index (χ0) is 23.7. The molecule has 1 aliphatic heterocycles. The van der Waals surface area contributed by atoms with Gasteiger partial charge in [0, 0.05) is 10.4 Å². The highest BCUT2D eigenvalue weighted by atomic mass is 32.1. The van der Waals surface area contributed by atoms with Crippen LogP contribution in [0.25, 0.3) is 5.76 Å². The quantitative estimate of drug-likeness (QED) is 0.289. The second-order valence-electron chi connectivity index (χ2n) is 8.41. The number of rotatable bonds is 6. The van der Waals surface area contributed by atoms with Gasteiger partial charge in [0.25, 0.3) is 11.7 Å². The normalized spacial score (nSPS) is 17.7. The summed E-state index contributed by atoms with van der Waals surface area (Å²) in [4.78, 5) is 28.3. The molecule has 0 spiro atoms. The lowest BCUT2D eigenvalue weighted by atomic mass is 9.99. The fourth-order valence-electron chi connectivity index (χ4n) is 3.78. The molecular formula is C26H25NO5S. The number of hydrogen-bond acceptors (Lipinski definition) is 6. The van der Waals surface area contributed by atoms with Crippen LogP contribution in [0, 0.1) is 12.8 Å². The summed E-state index contributed by atoms with van der Waals surface area (Å²) in [5.74, 6) is -1.12. The molecule has 4 rings (SSSR count). The number of benzene rings is 2. The number of Topliss-reactive ketones (excluding diaryl/α,β-unsaturated/α-hetero) is 1. The van der Waals surface area contributed by atoms with Gasteiger partial charge < -0.3 is 14.9 Å². The summed E-state index contributed by atoms with van der Waals surface area (Å²) in [5, 5.41) is 23.6. The number of aliphatic hydroxyl groups is 1. The third kappa shape index (κ3) is 4.36. The summed E-state index contributed by atoms with van der Waals surface area (Å²) in [6.07, 6.45) is 0. The first-order chi connectivity index (χ1) is 15.8. The van der Waals surface area contributed by atoms with Crippen LogP contribution < -0.4 is 9.64 Å². The minimum atomic E-state index is -0.863. The number of ether oxygens (including phenoxy) is 1. The molecule has 170 valence electrons. The first-order valence-corrected chi connectivity index (χ1v) is 11.5. The Kier molecular flexibility index (Phi) is 6.24. The van der Waals surface area contributed by atoms with Crippen molar-refractivity contribution in [1.29, 1.82) is 0 Å². The number of phenols is 1. The molecule has 3 aromatic rings. The van der Waals surface area contributed by atoms with Gasteiger partial charge in [-0.2, -0.15) is 0 Å². The van der Waals surface area contributed by atoms with E-state index in [4.69, 9.17) is 4.74 Å². The van der Waals surface area contributed by atoms with Gasteiger partial charge in [0.15, 0.2) is 0 Å². The zero-order valence-electron chi connectivity index (χ0n) is 18.6. The molecule has 1 unspecified atom stereocenters. The predicted molar refractivity (Wildman–Crippen MR) is 129 cm³/mol. The molecule has 2 heterocycles. The smallest absolute Gasteiger partial charge is 0.300 e. The highest BCUT2D eigenvalue weighted by molar-refractivity contribution is 7.10. The van der Waals surface area contributed by atoms with E-state index in [0.717, 1.165) is 5.56 Å². The lowest BCUT2D eigenvalue weighted by molar-refractivity contribution is -0.132. The van der Waals surface area contributed by atoms with Crippen LogP contribution in [0.15, 0.2) is 65.6 Å². The molecule has 0 saturated carbocycles. The molecule has 1 saturated heterocycles. The number of carbonyl (C=O) groups excluding carboxylic acids is 2. The van der Waals surface area contributed by atoms with E-state index in [-0.39, 0.29) is 22.8 Å². The van der Waals surface area contributed by atoms with E-state index in [9.17, 15) is 19.8 Å². The molecule has 33 heavy (non-hydrogen) atoms. The van der Waals surface area contributed by atoms with Crippen LogP contribution in [0.1, 0.15) is 35.9 Å². The number of phenolic OH excluding ortho intramolecular Hbond substituents is 1. The summed E-state index contributed by atoms with van der Waals surface area (Å²) in [6, 6.07) is 14.4. The largest absolute Gasteiger partial charge is 0.507 e. The van der Waals surface area contributed by atoms with E-state index in [1.807, 2.05) is 32.2 Å². The van der Waals surface area contributed by atoms with E-state index >= 15 is 0 Å². The summed E-state index contributed by atoms with van der Waals surface area (Å²) in [7, 11) is 0. The molecule has 1 atom stereocenters. The van der Waals surface area contributed by atoms with Crippen LogP contribution in [-0.4, -0.2) is 28.5 Å². The highest BCUT2D eigenvalue weighted by Gasteiger charge is 2.48. The Labute approximate surface area is 196 Å². The van der Waals surface area contributed by atoms with Crippen molar-refractivity contribution in [1.82, 2.24) is 0 Å². The number of aliphatic hydroxyl groups excluding tert-OH is 1. The van der Waals surface area contributed by atoms with Gasteiger partial charge in [-0.05, 0) is 54.1 Å². The van der Waals surface area contributed by atoms with Gasteiger partial charge >= 0.3 is 0 Å². The van der Waals surface area contributed by atoms with Crippen molar-refractivity contribution in [3.63, 3.8) is 0 Å². The van der Waals surface area contributed by atoms with E-state index in [1.165, 1.54) is 22.3 Å². The maximum Gasteiger partial charge on any atom is 0.300 e. The number of aromatic hydroxyl groups is 1. The Bertz CT molecular complexity index is 1230. The molecule has 0 aliphatic carbocycles. The monoisotopic (exact) mass is 463 g/mol. The molecular weight excluding hydrogens is 438 g/mol. The summed E-state index contributed by atoms with van der Waals surface area (Å²) >= 11 is 1.37. The van der Waals surface area contributed by atoms with Crippen LogP contribution in [-0.2, 0) is 9.59 Å². The molecule has 7 heteroatoms. The van der Waals surface area contributed by atoms with Gasteiger partial charge in [-0.25, -0.2) is 0 Å². The lowest BCUT2D eigenvalue weighted by Crippen LogP contribution is -2.29. The predicted octanol–water partition coefficient (Wildman–Crippen LogP) is 5.42. The first-order valence-electron chi connectivity index (χ1n) is 10.6. The minimum absolute atomic E-state index is 0.0237. The topological polar surface area (TPSA) is 87.1 Å². The van der Waals surface area contributed by atoms with Crippen molar-refractivity contribution in [3.05, 3.63) is 81.6 Å². The van der Waals surface area contributed by atoms with E-state index in [0.29, 0.717) is 28.7 Å². The molecule has 0 radical (unpaired) electrons. The Morgan fingerprint density at radius 2 is 1.91 bits per heavy atom. The molecule has 2 N–H and O–H groups in total. The van der Waals surface area contributed by atoms with Crippen molar-refractivity contribution in [3.8, 4) is 11.5 Å². The van der Waals surface area contributed by atoms with Crippen molar-refractivity contribution >= 4 is 34.5 Å². The number of nitrogens with zero attached hydrogens (tertiary/aromatic N) is 1. The van der Waals surface area contributed by atoms with Crippen molar-refractivity contribution in [2.75, 3.05) is 11.5 Å². The number of hydrogen-bond donors (Lipinski definition) is 2. The summed E-state index contributed by atoms with van der Waals surface area (Å²) in [5.41, 5.74) is 1.40. The average molecular weight is 464 g/mol. The third-order valence-electron chi connectivity index (χ3n) is 5.34. The number of thiophene rings is 1. The van der Waals surface area contributed by atoms with Crippen LogP contribution >= 0.6 is 11.3 Å². The summed E-state index contributed by atoms with van der Waals surface area (Å²) < 4.78 is 5.76. The Morgan fingerprint density at radius 3 is 2.61 bits per heavy atom. The van der Waals surface area contributed by atoms with Gasteiger partial charge in [0.05, 0.1) is 17.9 Å². The van der Waals surface area contributed by atoms with Crippen LogP contribution in [0.5, 0.6) is 11.5 Å². The number of carbonyl (C=O) groups is 2. The maximum absolute atomic E-state index is 13.2. The Morgan fingerprint density at radius 1 is 1.12 bits per heavy atom. The molecule has 1 aliphatic rings. The molecule has 1 fully saturated rings. The van der Waals surface area contributed by atoms with E-state index < -0.39 is 17.7 Å². The van der Waals surface area contributed by atoms with Crippen molar-refractivity contribution in [2.45, 2.75) is 26.8 Å². The lowest BCUT2D eigenvalue weighted by Gasteiger charge is -2.25. The second-order valence-corrected chi connectivity index (χ2v) is 9.39. The standard InChI is InChI=1S/C26H25NO5S/c1-15(2)14-32-18-7-4-6-17(13-18)24(29)22-23(21-8-5-11-33-21)27(26(31)25(22)30)19-12-16(3)9-10-20(19)28/h4-13,15,23,28-29H,14H2,1-3H3/b24-22-. The SMILES string of the molecule is Cc1ccc(O)c(N2C(=O)C(=O)/C(=C(\O)c3cccc(OCC(C)C)c3)C2c2cccs2)c1. The van der Waals surface area contributed by atoms with Crippen LogP contribution in [0.3, 0.4) is 0 Å². The van der Waals surface area contributed by atoms with Crippen molar-refractivity contribution < 1.29 is 24.5 Å². The van der Waals surface area contributed by atoms with Gasteiger partial charge in [-0.15, -0.1) is 11.3 Å². The van der Waals surface area contributed by atoms with Crippen LogP contribution in [0.4, 0.5) is 5.69 Å². The fourth-order valence-corrected chi connectivity index (χ4v) is 4.60. The molecule has 1 aromatic heterocycles. The number of amides is 1. The van der Waals surface area contributed by atoms with Crippen LogP contribution in [0.2, 0.25) is 0 Å². The Hall–Kier alpha value is -3.58. The number of aryl methyl sites for hydroxylation is 1. The summed E-state index contributed by atoms with van der Waals surface area (Å²) in [6.45, 7) is 6.42. The van der Waals surface area contributed by atoms with Gasteiger partial charge in [0.1, 0.15) is 23.3 Å². The van der Waals surface area contributed by atoms with E-state index in [1.54, 1.807) is 42.5 Å². The van der Waals surface area contributed by atoms with Gasteiger partial charge in [0.2, 0.25) is 0 Å². The Balaban J connectivity index is 1.86. The van der Waals surface area contributed by atoms with Gasteiger partial charge in [-0.3, -0.25) is 14.5 Å².